The number of nitriles is 1. The maximum absolute atomic E-state index is 9.37. The number of pyridine rings is 1. The van der Waals surface area contributed by atoms with Crippen LogP contribution in [-0.4, -0.2) is 9.36 Å². The molecule has 2 heterocycles. The number of anilines is 1. The number of nitrogen functional groups attached to an aromatic ring is 1. The van der Waals surface area contributed by atoms with Crippen molar-refractivity contribution in [1.82, 2.24) is 9.36 Å². The SMILES string of the molecule is CC1(C)CCc2c1nc(N)c(C#N)c2-c1cnsc1. The fourth-order valence-electron chi connectivity index (χ4n) is 2.76. The Balaban J connectivity index is 2.37. The highest BCUT2D eigenvalue weighted by molar-refractivity contribution is 7.03. The van der Waals surface area contributed by atoms with Gasteiger partial charge in [0.25, 0.3) is 0 Å². The molecule has 1 aliphatic rings. The third kappa shape index (κ3) is 1.71. The van der Waals surface area contributed by atoms with Crippen molar-refractivity contribution in [3.8, 4) is 17.2 Å². The largest absolute Gasteiger partial charge is 0.383 e. The van der Waals surface area contributed by atoms with E-state index in [0.29, 0.717) is 11.4 Å². The summed E-state index contributed by atoms with van der Waals surface area (Å²) in [5.74, 6) is 0.331. The summed E-state index contributed by atoms with van der Waals surface area (Å²) in [6, 6.07) is 2.20. The van der Waals surface area contributed by atoms with Gasteiger partial charge in [-0.25, -0.2) is 9.36 Å². The second kappa shape index (κ2) is 4.04. The number of nitrogens with zero attached hydrogens (tertiary/aromatic N) is 3. The summed E-state index contributed by atoms with van der Waals surface area (Å²) in [5.41, 5.74) is 10.6. The van der Waals surface area contributed by atoms with Gasteiger partial charge in [-0.2, -0.15) is 5.26 Å². The topological polar surface area (TPSA) is 75.6 Å². The molecule has 2 aromatic rings. The van der Waals surface area contributed by atoms with E-state index in [9.17, 15) is 5.26 Å². The van der Waals surface area contributed by atoms with E-state index in [2.05, 4.69) is 29.3 Å². The molecule has 3 rings (SSSR count). The predicted octanol–water partition coefficient (Wildman–Crippen LogP) is 2.88. The summed E-state index contributed by atoms with van der Waals surface area (Å²) in [6.07, 6.45) is 3.77. The number of hydrogen-bond acceptors (Lipinski definition) is 5. The van der Waals surface area contributed by atoms with Crippen LogP contribution in [0.4, 0.5) is 5.82 Å². The summed E-state index contributed by atoms with van der Waals surface area (Å²) in [6.45, 7) is 4.35. The standard InChI is InChI=1S/C14H14N4S/c1-14(2)4-3-9-11(8-6-17-19-7-8)10(5-15)13(16)18-12(9)14/h6-7H,3-4H2,1-2H3,(H2,16,18). The molecule has 0 aliphatic heterocycles. The molecule has 0 spiro atoms. The van der Waals surface area contributed by atoms with Crippen molar-refractivity contribution < 1.29 is 0 Å². The van der Waals surface area contributed by atoms with Gasteiger partial charge in [-0.05, 0) is 29.9 Å². The first-order valence-corrected chi connectivity index (χ1v) is 7.01. The van der Waals surface area contributed by atoms with Gasteiger partial charge < -0.3 is 5.73 Å². The van der Waals surface area contributed by atoms with Crippen LogP contribution >= 0.6 is 11.5 Å². The zero-order valence-corrected chi connectivity index (χ0v) is 11.7. The highest BCUT2D eigenvalue weighted by atomic mass is 32.1. The maximum Gasteiger partial charge on any atom is 0.142 e. The molecule has 0 saturated carbocycles. The minimum Gasteiger partial charge on any atom is -0.383 e. The lowest BCUT2D eigenvalue weighted by Crippen LogP contribution is -2.15. The van der Waals surface area contributed by atoms with Gasteiger partial charge in [0.15, 0.2) is 0 Å². The zero-order chi connectivity index (χ0) is 13.6. The third-order valence-corrected chi connectivity index (χ3v) is 4.39. The van der Waals surface area contributed by atoms with Gasteiger partial charge in [0.2, 0.25) is 0 Å². The maximum atomic E-state index is 9.37. The molecule has 0 atom stereocenters. The molecule has 2 aromatic heterocycles. The molecular formula is C14H14N4S. The van der Waals surface area contributed by atoms with E-state index in [0.717, 1.165) is 35.2 Å². The number of rotatable bonds is 1. The molecule has 0 bridgehead atoms. The van der Waals surface area contributed by atoms with Crippen LogP contribution in [0.15, 0.2) is 11.6 Å². The Morgan fingerprint density at radius 2 is 2.26 bits per heavy atom. The second-order valence-electron chi connectivity index (χ2n) is 5.48. The molecule has 2 N–H and O–H groups in total. The van der Waals surface area contributed by atoms with Crippen LogP contribution in [-0.2, 0) is 11.8 Å². The Bertz CT molecular complexity index is 680. The average molecular weight is 270 g/mol. The van der Waals surface area contributed by atoms with Crippen molar-refractivity contribution in [3.63, 3.8) is 0 Å². The van der Waals surface area contributed by atoms with Crippen molar-refractivity contribution in [2.24, 2.45) is 0 Å². The van der Waals surface area contributed by atoms with Crippen LogP contribution in [0.3, 0.4) is 0 Å². The molecule has 4 nitrogen and oxygen atoms in total. The average Bonchev–Trinajstić information content (AvgIpc) is 2.97. The van der Waals surface area contributed by atoms with Gasteiger partial charge in [0, 0.05) is 28.1 Å². The fourth-order valence-corrected chi connectivity index (χ4v) is 3.29. The van der Waals surface area contributed by atoms with Crippen molar-refractivity contribution in [3.05, 3.63) is 28.4 Å². The highest BCUT2D eigenvalue weighted by Crippen LogP contribution is 2.44. The van der Waals surface area contributed by atoms with Crippen LogP contribution in [0.1, 0.15) is 37.1 Å². The lowest BCUT2D eigenvalue weighted by Gasteiger charge is -2.19. The molecule has 0 saturated heterocycles. The first-order chi connectivity index (χ1) is 9.04. The quantitative estimate of drug-likeness (QED) is 0.864. The van der Waals surface area contributed by atoms with Gasteiger partial charge in [0.05, 0.1) is 5.69 Å². The first kappa shape index (κ1) is 12.1. The van der Waals surface area contributed by atoms with E-state index in [-0.39, 0.29) is 5.41 Å². The van der Waals surface area contributed by atoms with Crippen LogP contribution in [0.5, 0.6) is 0 Å². The van der Waals surface area contributed by atoms with E-state index in [1.165, 1.54) is 11.5 Å². The lowest BCUT2D eigenvalue weighted by molar-refractivity contribution is 0.510. The predicted molar refractivity (Wildman–Crippen MR) is 75.8 cm³/mol. The van der Waals surface area contributed by atoms with Crippen molar-refractivity contribution in [2.45, 2.75) is 32.1 Å². The van der Waals surface area contributed by atoms with E-state index in [4.69, 9.17) is 5.73 Å². The fraction of sp³-hybridized carbons (Fsp3) is 0.357. The molecule has 0 aromatic carbocycles. The second-order valence-corrected chi connectivity index (χ2v) is 6.14. The summed E-state index contributed by atoms with van der Waals surface area (Å²) in [4.78, 5) is 4.49. The summed E-state index contributed by atoms with van der Waals surface area (Å²) in [7, 11) is 0. The third-order valence-electron chi connectivity index (χ3n) is 3.80. The summed E-state index contributed by atoms with van der Waals surface area (Å²) < 4.78 is 4.14. The minimum atomic E-state index is 0.0235. The van der Waals surface area contributed by atoms with Gasteiger partial charge in [-0.1, -0.05) is 13.8 Å². The number of hydrogen-bond donors (Lipinski definition) is 1. The molecule has 0 unspecified atom stereocenters. The molecular weight excluding hydrogens is 256 g/mol. The van der Waals surface area contributed by atoms with Crippen LogP contribution in [0, 0.1) is 11.3 Å². The number of aromatic nitrogens is 2. The summed E-state index contributed by atoms with van der Waals surface area (Å²) >= 11 is 1.38. The van der Waals surface area contributed by atoms with Crippen molar-refractivity contribution >= 4 is 17.4 Å². The monoisotopic (exact) mass is 270 g/mol. The number of nitrogens with two attached hydrogens (primary N) is 1. The Morgan fingerprint density at radius 3 is 2.89 bits per heavy atom. The van der Waals surface area contributed by atoms with Crippen LogP contribution in [0.25, 0.3) is 11.1 Å². The van der Waals surface area contributed by atoms with E-state index in [1.807, 2.05) is 5.38 Å². The van der Waals surface area contributed by atoms with Crippen molar-refractivity contribution in [1.29, 1.82) is 5.26 Å². The number of fused-ring (bicyclic) bond motifs is 1. The Labute approximate surface area is 116 Å². The van der Waals surface area contributed by atoms with Gasteiger partial charge >= 0.3 is 0 Å². The van der Waals surface area contributed by atoms with E-state index in [1.54, 1.807) is 6.20 Å². The van der Waals surface area contributed by atoms with Crippen LogP contribution < -0.4 is 5.73 Å². The molecule has 1 aliphatic carbocycles. The van der Waals surface area contributed by atoms with Crippen molar-refractivity contribution in [2.75, 3.05) is 5.73 Å². The van der Waals surface area contributed by atoms with Gasteiger partial charge in [0.1, 0.15) is 17.5 Å². The highest BCUT2D eigenvalue weighted by Gasteiger charge is 2.35. The first-order valence-electron chi connectivity index (χ1n) is 6.17. The molecule has 0 fully saturated rings. The molecule has 0 amide bonds. The Kier molecular flexibility index (Phi) is 2.58. The van der Waals surface area contributed by atoms with E-state index < -0.39 is 0 Å². The molecule has 0 radical (unpaired) electrons. The molecule has 19 heavy (non-hydrogen) atoms. The van der Waals surface area contributed by atoms with Crippen LogP contribution in [0.2, 0.25) is 0 Å². The minimum absolute atomic E-state index is 0.0235. The zero-order valence-electron chi connectivity index (χ0n) is 10.9. The van der Waals surface area contributed by atoms with Gasteiger partial charge in [-0.3, -0.25) is 0 Å². The molecule has 5 heteroatoms. The Hall–Kier alpha value is -1.93. The summed E-state index contributed by atoms with van der Waals surface area (Å²) in [5, 5.41) is 11.3. The Morgan fingerprint density at radius 1 is 1.47 bits per heavy atom. The van der Waals surface area contributed by atoms with Gasteiger partial charge in [-0.15, -0.1) is 0 Å². The molecule has 96 valence electrons. The normalized spacial score (nSPS) is 16.1. The lowest BCUT2D eigenvalue weighted by atomic mass is 9.89. The smallest absolute Gasteiger partial charge is 0.142 e. The van der Waals surface area contributed by atoms with E-state index >= 15 is 0 Å².